The highest BCUT2D eigenvalue weighted by molar-refractivity contribution is 5.96. The van der Waals surface area contributed by atoms with E-state index in [9.17, 15) is 19.5 Å². The molecule has 0 fully saturated rings. The number of rotatable bonds is 8. The molecule has 0 aliphatic carbocycles. The highest BCUT2D eigenvalue weighted by Crippen LogP contribution is 2.27. The highest BCUT2D eigenvalue weighted by Gasteiger charge is 2.32. The summed E-state index contributed by atoms with van der Waals surface area (Å²) < 4.78 is 5.19. The Balaban J connectivity index is 2.10. The third-order valence-electron chi connectivity index (χ3n) is 4.81. The number of amides is 2. The van der Waals surface area contributed by atoms with Crippen molar-refractivity contribution in [1.82, 2.24) is 10.6 Å². The maximum atomic E-state index is 12.5. The van der Waals surface area contributed by atoms with Crippen LogP contribution < -0.4 is 15.4 Å². The molecule has 1 unspecified atom stereocenters. The van der Waals surface area contributed by atoms with Gasteiger partial charge in [0, 0.05) is 5.56 Å². The zero-order valence-electron chi connectivity index (χ0n) is 17.0. The third kappa shape index (κ3) is 5.81. The summed E-state index contributed by atoms with van der Waals surface area (Å²) >= 11 is 0. The van der Waals surface area contributed by atoms with Crippen molar-refractivity contribution < 1.29 is 24.2 Å². The third-order valence-corrected chi connectivity index (χ3v) is 4.81. The molecule has 2 amide bonds. The second-order valence-electron chi connectivity index (χ2n) is 7.16. The molecule has 2 rings (SSSR count). The topological polar surface area (TPSA) is 105 Å². The molecule has 2 aromatic carbocycles. The normalized spacial score (nSPS) is 12.6. The maximum absolute atomic E-state index is 12.5. The van der Waals surface area contributed by atoms with Crippen molar-refractivity contribution in [2.45, 2.75) is 32.7 Å². The molecule has 0 saturated carbocycles. The van der Waals surface area contributed by atoms with Crippen LogP contribution in [0.4, 0.5) is 0 Å². The van der Waals surface area contributed by atoms with Crippen molar-refractivity contribution >= 4 is 17.8 Å². The maximum Gasteiger partial charge on any atom is 0.306 e. The minimum absolute atomic E-state index is 0.273. The lowest BCUT2D eigenvalue weighted by molar-refractivity contribution is -0.139. The van der Waals surface area contributed by atoms with Crippen LogP contribution in [0.25, 0.3) is 0 Å². The van der Waals surface area contributed by atoms with E-state index in [2.05, 4.69) is 10.6 Å². The Morgan fingerprint density at radius 3 is 2.41 bits per heavy atom. The van der Waals surface area contributed by atoms with Gasteiger partial charge in [0.25, 0.3) is 5.91 Å². The fourth-order valence-electron chi connectivity index (χ4n) is 2.98. The van der Waals surface area contributed by atoms with E-state index in [1.54, 1.807) is 43.3 Å². The Morgan fingerprint density at radius 2 is 1.79 bits per heavy atom. The minimum atomic E-state index is -1.16. The van der Waals surface area contributed by atoms with Crippen LogP contribution >= 0.6 is 0 Å². The molecule has 7 heteroatoms. The Kier molecular flexibility index (Phi) is 6.98. The number of hydrogen-bond donors (Lipinski definition) is 3. The number of carbonyl (C=O) groups excluding carboxylic acids is 2. The van der Waals surface area contributed by atoms with Gasteiger partial charge in [-0.1, -0.05) is 18.2 Å². The number of carboxylic acid groups (broad SMARTS) is 1. The van der Waals surface area contributed by atoms with E-state index in [1.165, 1.54) is 7.11 Å². The van der Waals surface area contributed by atoms with Gasteiger partial charge in [-0.15, -0.1) is 0 Å². The summed E-state index contributed by atoms with van der Waals surface area (Å²) in [5.41, 5.74) is 1.94. The number of ether oxygens (including phenoxy) is 1. The Morgan fingerprint density at radius 1 is 1.07 bits per heavy atom. The standard InChI is InChI=1S/C22H26N2O5/c1-14-8-9-16(10-15(14)2)21(28)23-13-19(25)24-22(3,12-20(26)27)17-6-5-7-18(11-17)29-4/h5-11H,12-13H2,1-4H3,(H,23,28)(H,24,25)(H,26,27). The van der Waals surface area contributed by atoms with Crippen LogP contribution in [0.3, 0.4) is 0 Å². The monoisotopic (exact) mass is 398 g/mol. The van der Waals surface area contributed by atoms with E-state index >= 15 is 0 Å². The van der Waals surface area contributed by atoms with Gasteiger partial charge in [-0.25, -0.2) is 0 Å². The predicted octanol–water partition coefficient (Wildman–Crippen LogP) is 2.55. The van der Waals surface area contributed by atoms with Gasteiger partial charge in [-0.3, -0.25) is 14.4 Å². The molecule has 0 bridgehead atoms. The second kappa shape index (κ2) is 9.23. The molecule has 1 atom stereocenters. The molecular formula is C22H26N2O5. The zero-order valence-corrected chi connectivity index (χ0v) is 17.0. The molecule has 2 aromatic rings. The first-order valence-corrected chi connectivity index (χ1v) is 9.17. The van der Waals surface area contributed by atoms with E-state index in [4.69, 9.17) is 4.74 Å². The van der Waals surface area contributed by atoms with Crippen LogP contribution in [0.5, 0.6) is 5.75 Å². The summed E-state index contributed by atoms with van der Waals surface area (Å²) in [7, 11) is 1.51. The lowest BCUT2D eigenvalue weighted by atomic mass is 9.88. The summed E-state index contributed by atoms with van der Waals surface area (Å²) in [4.78, 5) is 36.2. The smallest absolute Gasteiger partial charge is 0.306 e. The summed E-state index contributed by atoms with van der Waals surface area (Å²) in [5, 5.41) is 14.6. The number of aliphatic carboxylic acids is 1. The van der Waals surface area contributed by atoms with Crippen LogP contribution in [0.1, 0.15) is 40.4 Å². The van der Waals surface area contributed by atoms with Crippen LogP contribution in [-0.4, -0.2) is 36.5 Å². The van der Waals surface area contributed by atoms with Crippen molar-refractivity contribution in [1.29, 1.82) is 0 Å². The van der Waals surface area contributed by atoms with Crippen molar-refractivity contribution in [2.75, 3.05) is 13.7 Å². The molecule has 0 aliphatic rings. The molecule has 0 spiro atoms. The average Bonchev–Trinajstić information content (AvgIpc) is 2.67. The molecular weight excluding hydrogens is 372 g/mol. The molecule has 3 N–H and O–H groups in total. The molecule has 154 valence electrons. The van der Waals surface area contributed by atoms with E-state index in [0.717, 1.165) is 11.1 Å². The van der Waals surface area contributed by atoms with Gasteiger partial charge >= 0.3 is 5.97 Å². The van der Waals surface area contributed by atoms with Gasteiger partial charge in [0.2, 0.25) is 5.91 Å². The quantitative estimate of drug-likeness (QED) is 0.634. The van der Waals surface area contributed by atoms with Gasteiger partial charge in [-0.05, 0) is 61.7 Å². The van der Waals surface area contributed by atoms with E-state index in [-0.39, 0.29) is 18.9 Å². The van der Waals surface area contributed by atoms with Crippen molar-refractivity contribution in [3.63, 3.8) is 0 Å². The van der Waals surface area contributed by atoms with E-state index < -0.39 is 17.4 Å². The number of nitrogens with one attached hydrogen (secondary N) is 2. The first kappa shape index (κ1) is 21.9. The van der Waals surface area contributed by atoms with Gasteiger partial charge in [0.05, 0.1) is 25.6 Å². The molecule has 0 saturated heterocycles. The number of aryl methyl sites for hydroxylation is 2. The Hall–Kier alpha value is -3.35. The lowest BCUT2D eigenvalue weighted by Gasteiger charge is -2.30. The van der Waals surface area contributed by atoms with Crippen LogP contribution in [0.2, 0.25) is 0 Å². The number of methoxy groups -OCH3 is 1. The van der Waals surface area contributed by atoms with E-state index in [0.29, 0.717) is 16.9 Å². The fourth-order valence-corrected chi connectivity index (χ4v) is 2.98. The number of carbonyl (C=O) groups is 3. The Bertz CT molecular complexity index is 925. The summed E-state index contributed by atoms with van der Waals surface area (Å²) in [5.74, 6) is -1.37. The number of benzene rings is 2. The van der Waals surface area contributed by atoms with Crippen LogP contribution in [-0.2, 0) is 15.1 Å². The van der Waals surface area contributed by atoms with E-state index in [1.807, 2.05) is 19.9 Å². The summed E-state index contributed by atoms with van der Waals surface area (Å²) in [6.45, 7) is 5.21. The van der Waals surface area contributed by atoms with Crippen LogP contribution in [0, 0.1) is 13.8 Å². The first-order chi connectivity index (χ1) is 13.6. The molecule has 0 aromatic heterocycles. The molecule has 0 heterocycles. The summed E-state index contributed by atoms with van der Waals surface area (Å²) in [6.07, 6.45) is -0.322. The van der Waals surface area contributed by atoms with Gasteiger partial charge in [0.15, 0.2) is 0 Å². The molecule has 0 aliphatic heterocycles. The van der Waals surface area contributed by atoms with Gasteiger partial charge < -0.3 is 20.5 Å². The zero-order chi connectivity index (χ0) is 21.6. The highest BCUT2D eigenvalue weighted by atomic mass is 16.5. The minimum Gasteiger partial charge on any atom is -0.497 e. The second-order valence-corrected chi connectivity index (χ2v) is 7.16. The van der Waals surface area contributed by atoms with Crippen molar-refractivity contribution in [2.24, 2.45) is 0 Å². The molecule has 0 radical (unpaired) electrons. The first-order valence-electron chi connectivity index (χ1n) is 9.17. The largest absolute Gasteiger partial charge is 0.497 e. The average molecular weight is 398 g/mol. The summed E-state index contributed by atoms with van der Waals surface area (Å²) in [6, 6.07) is 12.2. The fraction of sp³-hybridized carbons (Fsp3) is 0.318. The number of hydrogen-bond acceptors (Lipinski definition) is 4. The van der Waals surface area contributed by atoms with Gasteiger partial charge in [0.1, 0.15) is 5.75 Å². The van der Waals surface area contributed by atoms with Crippen molar-refractivity contribution in [3.8, 4) is 5.75 Å². The van der Waals surface area contributed by atoms with Gasteiger partial charge in [-0.2, -0.15) is 0 Å². The Labute approximate surface area is 170 Å². The van der Waals surface area contributed by atoms with Crippen LogP contribution in [0.15, 0.2) is 42.5 Å². The lowest BCUT2D eigenvalue weighted by Crippen LogP contribution is -2.48. The SMILES string of the molecule is COc1cccc(C(C)(CC(=O)O)NC(=O)CNC(=O)c2ccc(C)c(C)c2)c1. The molecule has 7 nitrogen and oxygen atoms in total. The number of carboxylic acids is 1. The molecule has 29 heavy (non-hydrogen) atoms. The van der Waals surface area contributed by atoms with Crippen molar-refractivity contribution in [3.05, 3.63) is 64.7 Å². The predicted molar refractivity (Wildman–Crippen MR) is 109 cm³/mol.